The van der Waals surface area contributed by atoms with Gasteiger partial charge in [0.25, 0.3) is 5.91 Å². The van der Waals surface area contributed by atoms with E-state index >= 15 is 0 Å². The highest BCUT2D eigenvalue weighted by molar-refractivity contribution is 6.36. The van der Waals surface area contributed by atoms with Crippen LogP contribution in [0.5, 0.6) is 0 Å². The number of carbonyl (C=O) groups excluding carboxylic acids is 1. The number of hydrogen-bond donors (Lipinski definition) is 1. The zero-order chi connectivity index (χ0) is 21.3. The van der Waals surface area contributed by atoms with Crippen LogP contribution >= 0.6 is 34.8 Å². The van der Waals surface area contributed by atoms with Gasteiger partial charge in [0.2, 0.25) is 0 Å². The van der Waals surface area contributed by atoms with E-state index in [1.807, 2.05) is 0 Å². The second kappa shape index (κ2) is 8.47. The van der Waals surface area contributed by atoms with Crippen LogP contribution in [0.1, 0.15) is 16.1 Å². The third kappa shape index (κ3) is 4.33. The second-order valence-electron chi connectivity index (χ2n) is 6.25. The molecule has 0 aliphatic carbocycles. The predicted octanol–water partition coefficient (Wildman–Crippen LogP) is 5.94. The molecule has 0 saturated heterocycles. The number of aromatic nitrogens is 3. The zero-order valence-electron chi connectivity index (χ0n) is 15.1. The van der Waals surface area contributed by atoms with Crippen molar-refractivity contribution in [2.75, 3.05) is 5.32 Å². The van der Waals surface area contributed by atoms with E-state index in [9.17, 15) is 9.18 Å². The molecule has 0 atom stereocenters. The van der Waals surface area contributed by atoms with E-state index in [1.54, 1.807) is 36.5 Å². The van der Waals surface area contributed by atoms with Gasteiger partial charge < -0.3 is 9.84 Å². The van der Waals surface area contributed by atoms with E-state index in [-0.39, 0.29) is 18.1 Å². The largest absolute Gasteiger partial charge is 0.355 e. The van der Waals surface area contributed by atoms with E-state index in [0.717, 1.165) is 0 Å². The van der Waals surface area contributed by atoms with Crippen LogP contribution in [-0.2, 0) is 6.54 Å². The Balaban J connectivity index is 1.47. The lowest BCUT2D eigenvalue weighted by atomic mass is 10.1. The van der Waals surface area contributed by atoms with E-state index in [1.165, 1.54) is 22.9 Å². The van der Waals surface area contributed by atoms with Crippen molar-refractivity contribution >= 4 is 46.5 Å². The van der Waals surface area contributed by atoms with Gasteiger partial charge in [-0.15, -0.1) is 0 Å². The number of nitrogens with zero attached hydrogens (tertiary/aromatic N) is 3. The highest BCUT2D eigenvalue weighted by atomic mass is 35.5. The summed E-state index contributed by atoms with van der Waals surface area (Å²) in [5.74, 6) is -0.369. The number of hydrogen-bond acceptors (Lipinski definition) is 4. The average Bonchev–Trinajstić information content (AvgIpc) is 3.35. The van der Waals surface area contributed by atoms with Crippen LogP contribution < -0.4 is 5.32 Å². The van der Waals surface area contributed by atoms with Crippen LogP contribution in [0.4, 0.5) is 10.2 Å². The molecule has 0 aliphatic rings. The molecule has 2 aromatic carbocycles. The first-order valence-corrected chi connectivity index (χ1v) is 9.74. The van der Waals surface area contributed by atoms with Crippen molar-refractivity contribution in [2.24, 2.45) is 0 Å². The van der Waals surface area contributed by atoms with Gasteiger partial charge in [-0.2, -0.15) is 5.10 Å². The summed E-state index contributed by atoms with van der Waals surface area (Å²) in [6.07, 6.45) is 1.60. The number of nitrogens with one attached hydrogen (secondary N) is 1. The summed E-state index contributed by atoms with van der Waals surface area (Å²) >= 11 is 18.1. The first kappa shape index (κ1) is 20.4. The normalized spacial score (nSPS) is 10.9. The Morgan fingerprint density at radius 3 is 2.70 bits per heavy atom. The van der Waals surface area contributed by atoms with E-state index in [2.05, 4.69) is 15.6 Å². The Hall–Kier alpha value is -2.87. The molecule has 30 heavy (non-hydrogen) atoms. The summed E-state index contributed by atoms with van der Waals surface area (Å²) in [6, 6.07) is 12.4. The lowest BCUT2D eigenvalue weighted by Crippen LogP contribution is -2.13. The molecule has 0 aliphatic heterocycles. The highest BCUT2D eigenvalue weighted by Crippen LogP contribution is 2.30. The molecule has 0 spiro atoms. The number of carbonyl (C=O) groups is 1. The van der Waals surface area contributed by atoms with Crippen molar-refractivity contribution in [2.45, 2.75) is 6.54 Å². The van der Waals surface area contributed by atoms with Crippen molar-refractivity contribution in [3.05, 3.63) is 86.9 Å². The third-order valence-corrected chi connectivity index (χ3v) is 5.11. The van der Waals surface area contributed by atoms with E-state index in [0.29, 0.717) is 32.0 Å². The minimum absolute atomic E-state index is 0.0442. The molecule has 10 heteroatoms. The summed E-state index contributed by atoms with van der Waals surface area (Å²) in [4.78, 5) is 12.5. The maximum absolute atomic E-state index is 13.9. The van der Waals surface area contributed by atoms with Gasteiger partial charge >= 0.3 is 0 Å². The monoisotopic (exact) mass is 464 g/mol. The van der Waals surface area contributed by atoms with Crippen LogP contribution in [-0.4, -0.2) is 20.8 Å². The van der Waals surface area contributed by atoms with Crippen molar-refractivity contribution in [3.63, 3.8) is 0 Å². The lowest BCUT2D eigenvalue weighted by Gasteiger charge is -2.06. The molecular formula is C20H12Cl3FN4O2. The molecule has 6 nitrogen and oxygen atoms in total. The molecule has 4 aromatic rings. The average molecular weight is 466 g/mol. The van der Waals surface area contributed by atoms with Crippen molar-refractivity contribution in [1.82, 2.24) is 14.9 Å². The fourth-order valence-corrected chi connectivity index (χ4v) is 3.47. The van der Waals surface area contributed by atoms with Crippen molar-refractivity contribution < 1.29 is 13.7 Å². The molecule has 2 heterocycles. The minimum Gasteiger partial charge on any atom is -0.355 e. The van der Waals surface area contributed by atoms with E-state index in [4.69, 9.17) is 39.3 Å². The smallest absolute Gasteiger partial charge is 0.279 e. The van der Waals surface area contributed by atoms with Crippen molar-refractivity contribution in [3.8, 4) is 11.3 Å². The molecule has 0 bridgehead atoms. The summed E-state index contributed by atoms with van der Waals surface area (Å²) in [5, 5.41) is 11.7. The molecule has 0 saturated carbocycles. The second-order valence-corrected chi connectivity index (χ2v) is 7.50. The molecule has 152 valence electrons. The van der Waals surface area contributed by atoms with Gasteiger partial charge in [-0.3, -0.25) is 9.48 Å². The number of halogens is 4. The van der Waals surface area contributed by atoms with Gasteiger partial charge in [-0.1, -0.05) is 46.0 Å². The molecule has 0 radical (unpaired) electrons. The number of rotatable bonds is 5. The van der Waals surface area contributed by atoms with Gasteiger partial charge in [-0.05, 0) is 30.3 Å². The van der Waals surface area contributed by atoms with Crippen LogP contribution in [0.15, 0.2) is 59.3 Å². The van der Waals surface area contributed by atoms with Gasteiger partial charge in [0, 0.05) is 39.5 Å². The standard InChI is InChI=1S/C20H12Cl3FN4O2/c21-11-4-5-12(15(23)8-11)18-9-17(27-30-18)20(29)25-19-6-7-28(26-19)10-13-14(22)2-1-3-16(13)24/h1-9H,10H2,(H,25,26,29). The molecule has 0 fully saturated rings. The minimum atomic E-state index is -0.524. The molecule has 1 amide bonds. The van der Waals surface area contributed by atoms with Gasteiger partial charge in [0.05, 0.1) is 11.6 Å². The number of benzene rings is 2. The third-order valence-electron chi connectivity index (χ3n) is 4.20. The lowest BCUT2D eigenvalue weighted by molar-refractivity contribution is 0.101. The fraction of sp³-hybridized carbons (Fsp3) is 0.0500. The quantitative estimate of drug-likeness (QED) is 0.396. The molecule has 2 aromatic heterocycles. The number of anilines is 1. The molecule has 1 N–H and O–H groups in total. The van der Waals surface area contributed by atoms with Gasteiger partial charge in [-0.25, -0.2) is 4.39 Å². The Morgan fingerprint density at radius 2 is 1.93 bits per heavy atom. The maximum Gasteiger partial charge on any atom is 0.279 e. The van der Waals surface area contributed by atoms with Crippen LogP contribution in [0.25, 0.3) is 11.3 Å². The Kier molecular flexibility index (Phi) is 5.76. The SMILES string of the molecule is O=C(Nc1ccn(Cc2c(F)cccc2Cl)n1)c1cc(-c2ccc(Cl)cc2Cl)on1. The first-order valence-electron chi connectivity index (χ1n) is 8.60. The fourth-order valence-electron chi connectivity index (χ4n) is 2.74. The molecular weight excluding hydrogens is 454 g/mol. The number of amides is 1. The summed E-state index contributed by atoms with van der Waals surface area (Å²) in [7, 11) is 0. The zero-order valence-corrected chi connectivity index (χ0v) is 17.3. The Labute approximate surface area is 185 Å². The van der Waals surface area contributed by atoms with Gasteiger partial charge in [0.15, 0.2) is 17.3 Å². The van der Waals surface area contributed by atoms with Crippen LogP contribution in [0.3, 0.4) is 0 Å². The van der Waals surface area contributed by atoms with Gasteiger partial charge in [0.1, 0.15) is 5.82 Å². The van der Waals surface area contributed by atoms with Crippen molar-refractivity contribution in [1.29, 1.82) is 0 Å². The van der Waals surface area contributed by atoms with Crippen LogP contribution in [0, 0.1) is 5.82 Å². The topological polar surface area (TPSA) is 73.0 Å². The first-order chi connectivity index (χ1) is 14.4. The Morgan fingerprint density at radius 1 is 1.10 bits per heavy atom. The molecule has 0 unspecified atom stereocenters. The van der Waals surface area contributed by atoms with E-state index < -0.39 is 11.7 Å². The summed E-state index contributed by atoms with van der Waals surface area (Å²) in [6.45, 7) is 0.116. The van der Waals surface area contributed by atoms with Crippen LogP contribution in [0.2, 0.25) is 15.1 Å². The Bertz CT molecular complexity index is 1220. The highest BCUT2D eigenvalue weighted by Gasteiger charge is 2.17. The predicted molar refractivity (Wildman–Crippen MR) is 113 cm³/mol. The maximum atomic E-state index is 13.9. The summed E-state index contributed by atoms with van der Waals surface area (Å²) < 4.78 is 20.6. The summed E-state index contributed by atoms with van der Waals surface area (Å²) in [5.41, 5.74) is 0.905. The molecule has 4 rings (SSSR count).